The molecule has 0 spiro atoms. The van der Waals surface area contributed by atoms with Gasteiger partial charge in [-0.3, -0.25) is 4.79 Å². The molecule has 4 rings (SSSR count). The van der Waals surface area contributed by atoms with Crippen LogP contribution in [-0.2, 0) is 4.79 Å². The lowest BCUT2D eigenvalue weighted by atomic mass is 9.85. The van der Waals surface area contributed by atoms with Gasteiger partial charge in [-0.1, -0.05) is 6.42 Å². The van der Waals surface area contributed by atoms with Crippen molar-refractivity contribution in [2.75, 3.05) is 31.1 Å². The van der Waals surface area contributed by atoms with E-state index in [1.807, 2.05) is 24.0 Å². The lowest BCUT2D eigenvalue weighted by molar-refractivity contribution is -0.137. The molecule has 0 aromatic carbocycles. The number of aryl methyl sites for hydroxylation is 1. The lowest BCUT2D eigenvalue weighted by Gasteiger charge is -2.38. The SMILES string of the molecule is Cc1nnc2ccc(N3CCN(C(=O)[C@@H]4CCC[C@H](N)C4)CC3)nn12. The quantitative estimate of drug-likeness (QED) is 0.858. The summed E-state index contributed by atoms with van der Waals surface area (Å²) in [6.45, 7) is 4.97. The second-order valence-electron chi connectivity index (χ2n) is 7.14. The van der Waals surface area contributed by atoms with Crippen LogP contribution in [-0.4, -0.2) is 62.8 Å². The molecule has 1 aliphatic carbocycles. The van der Waals surface area contributed by atoms with E-state index in [1.165, 1.54) is 0 Å². The summed E-state index contributed by atoms with van der Waals surface area (Å²) in [5, 5.41) is 12.7. The average Bonchev–Trinajstić information content (AvgIpc) is 3.02. The van der Waals surface area contributed by atoms with Gasteiger partial charge in [0.15, 0.2) is 11.5 Å². The molecule has 1 aliphatic heterocycles. The number of fused-ring (bicyclic) bond motifs is 1. The summed E-state index contributed by atoms with van der Waals surface area (Å²) in [7, 11) is 0. The van der Waals surface area contributed by atoms with E-state index >= 15 is 0 Å². The fraction of sp³-hybridized carbons (Fsp3) is 0.647. The highest BCUT2D eigenvalue weighted by Gasteiger charge is 2.31. The molecular weight excluding hydrogens is 318 g/mol. The van der Waals surface area contributed by atoms with Gasteiger partial charge in [0.1, 0.15) is 5.82 Å². The molecular formula is C17H25N7O. The maximum atomic E-state index is 12.7. The molecule has 0 unspecified atom stereocenters. The maximum absolute atomic E-state index is 12.7. The zero-order valence-corrected chi connectivity index (χ0v) is 14.6. The van der Waals surface area contributed by atoms with Gasteiger partial charge in [0.05, 0.1) is 0 Å². The van der Waals surface area contributed by atoms with Crippen molar-refractivity contribution in [2.45, 2.75) is 38.6 Å². The smallest absolute Gasteiger partial charge is 0.225 e. The van der Waals surface area contributed by atoms with Gasteiger partial charge in [0.25, 0.3) is 0 Å². The first-order valence-electron chi connectivity index (χ1n) is 9.10. The third-order valence-electron chi connectivity index (χ3n) is 5.38. The second-order valence-corrected chi connectivity index (χ2v) is 7.14. The molecule has 8 nitrogen and oxygen atoms in total. The monoisotopic (exact) mass is 343 g/mol. The Kier molecular flexibility index (Phi) is 4.29. The molecule has 2 aromatic heterocycles. The molecule has 0 bridgehead atoms. The third-order valence-corrected chi connectivity index (χ3v) is 5.38. The summed E-state index contributed by atoms with van der Waals surface area (Å²) >= 11 is 0. The van der Waals surface area contributed by atoms with Crippen LogP contribution in [0.4, 0.5) is 5.82 Å². The van der Waals surface area contributed by atoms with Crippen LogP contribution in [0.25, 0.3) is 5.65 Å². The Labute approximate surface area is 147 Å². The highest BCUT2D eigenvalue weighted by molar-refractivity contribution is 5.79. The van der Waals surface area contributed by atoms with Crippen LogP contribution in [0.1, 0.15) is 31.5 Å². The molecule has 8 heteroatoms. The summed E-state index contributed by atoms with van der Waals surface area (Å²) in [4.78, 5) is 17.0. The minimum atomic E-state index is 0.115. The Morgan fingerprint density at radius 1 is 1.16 bits per heavy atom. The van der Waals surface area contributed by atoms with Gasteiger partial charge in [-0.25, -0.2) is 0 Å². The zero-order valence-electron chi connectivity index (χ0n) is 14.6. The van der Waals surface area contributed by atoms with Gasteiger partial charge in [-0.05, 0) is 38.3 Å². The minimum Gasteiger partial charge on any atom is -0.352 e. The van der Waals surface area contributed by atoms with Gasteiger partial charge in [-0.2, -0.15) is 4.52 Å². The number of carbonyl (C=O) groups excluding carboxylic acids is 1. The largest absolute Gasteiger partial charge is 0.352 e. The highest BCUT2D eigenvalue weighted by atomic mass is 16.2. The van der Waals surface area contributed by atoms with Crippen molar-refractivity contribution in [1.82, 2.24) is 24.7 Å². The number of piperazine rings is 1. The van der Waals surface area contributed by atoms with E-state index in [9.17, 15) is 4.79 Å². The molecule has 1 saturated carbocycles. The number of hydrogen-bond donors (Lipinski definition) is 1. The van der Waals surface area contributed by atoms with Crippen molar-refractivity contribution in [3.05, 3.63) is 18.0 Å². The van der Waals surface area contributed by atoms with E-state index in [1.54, 1.807) is 4.52 Å². The molecule has 2 N–H and O–H groups in total. The van der Waals surface area contributed by atoms with Crippen LogP contribution in [0.3, 0.4) is 0 Å². The van der Waals surface area contributed by atoms with E-state index in [4.69, 9.17) is 5.73 Å². The Balaban J connectivity index is 1.40. The van der Waals surface area contributed by atoms with Gasteiger partial charge >= 0.3 is 0 Å². The number of hydrogen-bond acceptors (Lipinski definition) is 6. The molecule has 2 aliphatic rings. The average molecular weight is 343 g/mol. The Hall–Kier alpha value is -2.22. The van der Waals surface area contributed by atoms with Crippen molar-refractivity contribution in [1.29, 1.82) is 0 Å². The molecule has 134 valence electrons. The summed E-state index contributed by atoms with van der Waals surface area (Å²) < 4.78 is 1.76. The fourth-order valence-electron chi connectivity index (χ4n) is 3.92. The summed E-state index contributed by atoms with van der Waals surface area (Å²) in [6, 6.07) is 4.09. The van der Waals surface area contributed by atoms with E-state index < -0.39 is 0 Å². The predicted octanol–water partition coefficient (Wildman–Crippen LogP) is 0.599. The molecule has 1 saturated heterocycles. The standard InChI is InChI=1S/C17H25N7O/c1-12-19-20-15-5-6-16(21-24(12)15)22-7-9-23(10-8-22)17(25)13-3-2-4-14(18)11-13/h5-6,13-14H,2-4,7-11,18H2,1H3/t13-,14+/m1/s1. The highest BCUT2D eigenvalue weighted by Crippen LogP contribution is 2.26. The first-order chi connectivity index (χ1) is 12.1. The molecule has 3 heterocycles. The number of anilines is 1. The topological polar surface area (TPSA) is 92.7 Å². The predicted molar refractivity (Wildman–Crippen MR) is 94.2 cm³/mol. The summed E-state index contributed by atoms with van der Waals surface area (Å²) in [6.07, 6.45) is 3.94. The van der Waals surface area contributed by atoms with Crippen LogP contribution in [0.2, 0.25) is 0 Å². The molecule has 0 radical (unpaired) electrons. The summed E-state index contributed by atoms with van der Waals surface area (Å²) in [5.74, 6) is 2.08. The molecule has 2 fully saturated rings. The van der Waals surface area contributed by atoms with E-state index in [0.717, 1.165) is 69.2 Å². The van der Waals surface area contributed by atoms with E-state index in [2.05, 4.69) is 20.2 Å². The molecule has 2 atom stereocenters. The van der Waals surface area contributed by atoms with Gasteiger partial charge in [-0.15, -0.1) is 15.3 Å². The molecule has 25 heavy (non-hydrogen) atoms. The van der Waals surface area contributed by atoms with Crippen molar-refractivity contribution in [3.63, 3.8) is 0 Å². The van der Waals surface area contributed by atoms with Crippen molar-refractivity contribution < 1.29 is 4.79 Å². The fourth-order valence-corrected chi connectivity index (χ4v) is 3.92. The summed E-state index contributed by atoms with van der Waals surface area (Å²) in [5.41, 5.74) is 6.79. The first kappa shape index (κ1) is 16.3. The van der Waals surface area contributed by atoms with Crippen LogP contribution < -0.4 is 10.6 Å². The number of nitrogens with zero attached hydrogens (tertiary/aromatic N) is 6. The zero-order chi connectivity index (χ0) is 17.4. The van der Waals surface area contributed by atoms with Crippen LogP contribution in [0.5, 0.6) is 0 Å². The van der Waals surface area contributed by atoms with E-state index in [-0.39, 0.29) is 17.9 Å². The second kappa shape index (κ2) is 6.59. The number of nitrogens with two attached hydrogens (primary N) is 1. The van der Waals surface area contributed by atoms with Crippen molar-refractivity contribution >= 4 is 17.4 Å². The normalized spacial score (nSPS) is 24.7. The van der Waals surface area contributed by atoms with Gasteiger partial charge < -0.3 is 15.5 Å². The van der Waals surface area contributed by atoms with Crippen molar-refractivity contribution in [3.8, 4) is 0 Å². The van der Waals surface area contributed by atoms with Crippen LogP contribution in [0.15, 0.2) is 12.1 Å². The van der Waals surface area contributed by atoms with Crippen molar-refractivity contribution in [2.24, 2.45) is 11.7 Å². The number of carbonyl (C=O) groups is 1. The van der Waals surface area contributed by atoms with Crippen LogP contribution in [0, 0.1) is 12.8 Å². The Morgan fingerprint density at radius 3 is 2.72 bits per heavy atom. The third kappa shape index (κ3) is 3.18. The first-order valence-corrected chi connectivity index (χ1v) is 9.10. The number of rotatable bonds is 2. The number of aromatic nitrogens is 4. The maximum Gasteiger partial charge on any atom is 0.225 e. The van der Waals surface area contributed by atoms with Crippen LogP contribution >= 0.6 is 0 Å². The molecule has 1 amide bonds. The van der Waals surface area contributed by atoms with Gasteiger partial charge in [0, 0.05) is 38.1 Å². The number of amides is 1. The Bertz CT molecular complexity index is 765. The lowest BCUT2D eigenvalue weighted by Crippen LogP contribution is -2.51. The van der Waals surface area contributed by atoms with E-state index in [0.29, 0.717) is 0 Å². The Morgan fingerprint density at radius 2 is 1.96 bits per heavy atom. The minimum absolute atomic E-state index is 0.115. The van der Waals surface area contributed by atoms with Gasteiger partial charge in [0.2, 0.25) is 5.91 Å². The molecule has 2 aromatic rings.